The van der Waals surface area contributed by atoms with Crippen molar-refractivity contribution in [1.82, 2.24) is 10.3 Å². The molecule has 2 nitrogen and oxygen atoms in total. The molecule has 1 aromatic carbocycles. The highest BCUT2D eigenvalue weighted by Gasteiger charge is 2.17. The van der Waals surface area contributed by atoms with E-state index in [0.717, 1.165) is 10.7 Å². The summed E-state index contributed by atoms with van der Waals surface area (Å²) in [5.74, 6) is -1.02. The van der Waals surface area contributed by atoms with Gasteiger partial charge in [0, 0.05) is 10.9 Å². The number of hydrogen-bond donors (Lipinski definition) is 1. The Balaban J connectivity index is 2.26. The van der Waals surface area contributed by atoms with E-state index in [1.54, 1.807) is 7.05 Å². The number of hydrogen-bond acceptors (Lipinski definition) is 3. The Morgan fingerprint density at radius 1 is 1.33 bits per heavy atom. The number of aryl methyl sites for hydroxylation is 1. The van der Waals surface area contributed by atoms with E-state index in [0.29, 0.717) is 0 Å². The number of aromatic nitrogens is 1. The fourth-order valence-electron chi connectivity index (χ4n) is 1.83. The summed E-state index contributed by atoms with van der Waals surface area (Å²) >= 11 is 1.53. The van der Waals surface area contributed by atoms with Crippen molar-refractivity contribution < 1.29 is 8.78 Å². The number of likely N-dealkylation sites (N-methyl/N-ethyl adjacent to an activating group) is 1. The summed E-state index contributed by atoms with van der Waals surface area (Å²) in [6.07, 6.45) is 0.248. The molecule has 1 unspecified atom stereocenters. The molecule has 0 saturated carbocycles. The molecule has 0 radical (unpaired) electrons. The van der Waals surface area contributed by atoms with Crippen molar-refractivity contribution in [2.45, 2.75) is 19.4 Å². The molecule has 0 aliphatic carbocycles. The van der Waals surface area contributed by atoms with Gasteiger partial charge in [0.05, 0.1) is 16.7 Å². The molecule has 1 N–H and O–H groups in total. The average Bonchev–Trinajstić information content (AvgIpc) is 2.76. The van der Waals surface area contributed by atoms with E-state index >= 15 is 0 Å². The minimum atomic E-state index is -0.512. The van der Waals surface area contributed by atoms with Crippen molar-refractivity contribution in [2.24, 2.45) is 0 Å². The normalized spacial score (nSPS) is 12.7. The van der Waals surface area contributed by atoms with Gasteiger partial charge >= 0.3 is 0 Å². The number of rotatable bonds is 4. The third kappa shape index (κ3) is 2.73. The Morgan fingerprint density at radius 2 is 2.00 bits per heavy atom. The Morgan fingerprint density at radius 3 is 2.50 bits per heavy atom. The van der Waals surface area contributed by atoms with Gasteiger partial charge in [0.15, 0.2) is 0 Å². The lowest BCUT2D eigenvalue weighted by molar-refractivity contribution is 0.510. The lowest BCUT2D eigenvalue weighted by Gasteiger charge is -2.14. The standard InChI is InChI=1S/C13H14F2N2S/c1-8-17-13(7-18-8)12(16-2)6-9-10(14)4-3-5-11(9)15/h3-5,7,12,16H,6H2,1-2H3. The van der Waals surface area contributed by atoms with Gasteiger partial charge in [-0.1, -0.05) is 6.07 Å². The fraction of sp³-hybridized carbons (Fsp3) is 0.308. The maximum atomic E-state index is 13.6. The second-order valence-electron chi connectivity index (χ2n) is 4.04. The molecule has 96 valence electrons. The molecule has 0 aliphatic rings. The van der Waals surface area contributed by atoms with Crippen molar-refractivity contribution in [1.29, 1.82) is 0 Å². The Hall–Kier alpha value is -1.33. The van der Waals surface area contributed by atoms with Crippen LogP contribution in [0.4, 0.5) is 8.78 Å². The molecule has 0 bridgehead atoms. The second-order valence-corrected chi connectivity index (χ2v) is 5.10. The third-order valence-electron chi connectivity index (χ3n) is 2.81. The number of nitrogens with zero attached hydrogens (tertiary/aromatic N) is 1. The molecule has 0 spiro atoms. The molecule has 18 heavy (non-hydrogen) atoms. The summed E-state index contributed by atoms with van der Waals surface area (Å²) in [5.41, 5.74) is 0.921. The van der Waals surface area contributed by atoms with Gasteiger partial charge in [0.1, 0.15) is 11.6 Å². The number of halogens is 2. The molecule has 1 heterocycles. The van der Waals surface area contributed by atoms with Gasteiger partial charge in [0.2, 0.25) is 0 Å². The van der Waals surface area contributed by atoms with E-state index < -0.39 is 11.6 Å². The topological polar surface area (TPSA) is 24.9 Å². The van der Waals surface area contributed by atoms with E-state index in [1.165, 1.54) is 29.5 Å². The molecular formula is C13H14F2N2S. The van der Waals surface area contributed by atoms with Crippen LogP contribution in [0.15, 0.2) is 23.6 Å². The summed E-state index contributed by atoms with van der Waals surface area (Å²) in [6, 6.07) is 3.74. The first-order valence-corrected chi connectivity index (χ1v) is 6.52. The molecule has 0 saturated heterocycles. The van der Waals surface area contributed by atoms with Crippen LogP contribution in [0.2, 0.25) is 0 Å². The van der Waals surface area contributed by atoms with Crippen LogP contribution >= 0.6 is 11.3 Å². The zero-order chi connectivity index (χ0) is 13.1. The highest BCUT2D eigenvalue weighted by molar-refractivity contribution is 7.09. The maximum Gasteiger partial charge on any atom is 0.129 e. The van der Waals surface area contributed by atoms with E-state index in [2.05, 4.69) is 10.3 Å². The molecule has 0 amide bonds. The van der Waals surface area contributed by atoms with Crippen molar-refractivity contribution in [3.8, 4) is 0 Å². The first kappa shape index (κ1) is 13.1. The van der Waals surface area contributed by atoms with Gasteiger partial charge in [-0.2, -0.15) is 0 Å². The molecule has 2 aromatic rings. The van der Waals surface area contributed by atoms with E-state index in [1.807, 2.05) is 12.3 Å². The first-order chi connectivity index (χ1) is 8.61. The van der Waals surface area contributed by atoms with Gasteiger partial charge in [0.25, 0.3) is 0 Å². The van der Waals surface area contributed by atoms with Crippen LogP contribution < -0.4 is 5.32 Å². The summed E-state index contributed by atoms with van der Waals surface area (Å²) in [5, 5.41) is 5.90. The molecule has 1 aromatic heterocycles. The van der Waals surface area contributed by atoms with Gasteiger partial charge in [-0.15, -0.1) is 11.3 Å². The maximum absolute atomic E-state index is 13.6. The zero-order valence-electron chi connectivity index (χ0n) is 10.2. The molecule has 1 atom stereocenters. The summed E-state index contributed by atoms with van der Waals surface area (Å²) < 4.78 is 27.2. The Bertz CT molecular complexity index is 519. The van der Waals surface area contributed by atoms with E-state index in [9.17, 15) is 8.78 Å². The van der Waals surface area contributed by atoms with Gasteiger partial charge < -0.3 is 5.32 Å². The van der Waals surface area contributed by atoms with Crippen LogP contribution in [0.25, 0.3) is 0 Å². The monoisotopic (exact) mass is 268 g/mol. The number of benzene rings is 1. The van der Waals surface area contributed by atoms with Gasteiger partial charge in [-0.05, 0) is 32.5 Å². The molecule has 0 fully saturated rings. The smallest absolute Gasteiger partial charge is 0.129 e. The Kier molecular flexibility index (Phi) is 4.04. The van der Waals surface area contributed by atoms with Crippen molar-refractivity contribution in [3.05, 3.63) is 51.5 Å². The van der Waals surface area contributed by atoms with Crippen molar-refractivity contribution >= 4 is 11.3 Å². The minimum Gasteiger partial charge on any atom is -0.311 e. The lowest BCUT2D eigenvalue weighted by atomic mass is 10.0. The van der Waals surface area contributed by atoms with Crippen LogP contribution in [0.5, 0.6) is 0 Å². The summed E-state index contributed by atoms with van der Waals surface area (Å²) in [7, 11) is 1.76. The predicted octanol–water partition coefficient (Wildman–Crippen LogP) is 3.23. The van der Waals surface area contributed by atoms with Crippen LogP contribution in [-0.2, 0) is 6.42 Å². The van der Waals surface area contributed by atoms with Crippen molar-refractivity contribution in [3.63, 3.8) is 0 Å². The zero-order valence-corrected chi connectivity index (χ0v) is 11.0. The number of nitrogens with one attached hydrogen (secondary N) is 1. The van der Waals surface area contributed by atoms with Gasteiger partial charge in [-0.25, -0.2) is 13.8 Å². The quantitative estimate of drug-likeness (QED) is 0.921. The molecule has 5 heteroatoms. The number of thiazole rings is 1. The average molecular weight is 268 g/mol. The first-order valence-electron chi connectivity index (χ1n) is 5.64. The molecule has 2 rings (SSSR count). The summed E-state index contributed by atoms with van der Waals surface area (Å²) in [6.45, 7) is 1.91. The molecule has 0 aliphatic heterocycles. The highest BCUT2D eigenvalue weighted by atomic mass is 32.1. The largest absolute Gasteiger partial charge is 0.311 e. The van der Waals surface area contributed by atoms with Crippen LogP contribution in [0.3, 0.4) is 0 Å². The highest BCUT2D eigenvalue weighted by Crippen LogP contribution is 2.23. The summed E-state index contributed by atoms with van der Waals surface area (Å²) in [4.78, 5) is 4.35. The minimum absolute atomic E-state index is 0.0995. The van der Waals surface area contributed by atoms with E-state index in [4.69, 9.17) is 0 Å². The van der Waals surface area contributed by atoms with E-state index in [-0.39, 0.29) is 18.0 Å². The third-order valence-corrected chi connectivity index (χ3v) is 3.60. The Labute approximate surface area is 109 Å². The lowest BCUT2D eigenvalue weighted by Crippen LogP contribution is -2.20. The van der Waals surface area contributed by atoms with Crippen LogP contribution in [0.1, 0.15) is 22.3 Å². The van der Waals surface area contributed by atoms with Crippen LogP contribution in [0, 0.1) is 18.6 Å². The van der Waals surface area contributed by atoms with Crippen LogP contribution in [-0.4, -0.2) is 12.0 Å². The SMILES string of the molecule is CNC(Cc1c(F)cccc1F)c1csc(C)n1. The fourth-order valence-corrected chi connectivity index (χ4v) is 2.49. The molecular weight excluding hydrogens is 254 g/mol. The van der Waals surface area contributed by atoms with Gasteiger partial charge in [-0.3, -0.25) is 0 Å². The second kappa shape index (κ2) is 5.54. The van der Waals surface area contributed by atoms with Crippen molar-refractivity contribution in [2.75, 3.05) is 7.05 Å². The predicted molar refractivity (Wildman–Crippen MR) is 68.7 cm³/mol.